The van der Waals surface area contributed by atoms with E-state index in [4.69, 9.17) is 23.2 Å². The molecule has 0 unspecified atom stereocenters. The summed E-state index contributed by atoms with van der Waals surface area (Å²) in [7, 11) is 0. The van der Waals surface area contributed by atoms with Crippen molar-refractivity contribution in [1.82, 2.24) is 19.6 Å². The second-order valence-electron chi connectivity index (χ2n) is 4.51. The minimum absolute atomic E-state index is 0.0811. The summed E-state index contributed by atoms with van der Waals surface area (Å²) in [5.41, 5.74) is 1.08. The maximum Gasteiger partial charge on any atom is 0.293 e. The number of aromatic amines is 1. The lowest BCUT2D eigenvalue weighted by Crippen LogP contribution is -2.17. The second kappa shape index (κ2) is 5.38. The number of nitrogens with one attached hydrogen (secondary N) is 2. The molecule has 0 aliphatic carbocycles. The molecule has 8 heteroatoms. The van der Waals surface area contributed by atoms with Gasteiger partial charge in [0.25, 0.3) is 11.3 Å². The number of H-pyrrole nitrogens is 1. The molecule has 3 rings (SSSR count). The molecular weight excluding hydrogens is 313 g/mol. The lowest BCUT2D eigenvalue weighted by atomic mass is 10.2. The third-order valence-corrected chi connectivity index (χ3v) is 3.62. The summed E-state index contributed by atoms with van der Waals surface area (Å²) < 4.78 is 1.20. The zero-order chi connectivity index (χ0) is 15.0. The van der Waals surface area contributed by atoms with E-state index in [1.54, 1.807) is 13.0 Å². The Morgan fingerprint density at radius 1 is 1.33 bits per heavy atom. The topological polar surface area (TPSA) is 75.1 Å². The highest BCUT2D eigenvalue weighted by Gasteiger charge is 2.11. The fraction of sp³-hybridized carbons (Fsp3) is 0.154. The number of halogens is 2. The molecule has 0 radical (unpaired) electrons. The maximum atomic E-state index is 12.0. The SMILES string of the molecule is Cc1nc2nc(NCc3cccc(Cl)c3)[nH]n2c(=O)c1Cl. The van der Waals surface area contributed by atoms with Crippen LogP contribution in [0.2, 0.25) is 10.0 Å². The van der Waals surface area contributed by atoms with Crippen molar-refractivity contribution < 1.29 is 0 Å². The Bertz CT molecular complexity index is 871. The normalized spacial score (nSPS) is 11.0. The molecule has 1 aromatic carbocycles. The van der Waals surface area contributed by atoms with E-state index in [1.807, 2.05) is 18.2 Å². The number of aryl methyl sites for hydroxylation is 1. The van der Waals surface area contributed by atoms with Crippen LogP contribution in [0.4, 0.5) is 5.95 Å². The van der Waals surface area contributed by atoms with Gasteiger partial charge in [-0.2, -0.15) is 9.50 Å². The minimum Gasteiger partial charge on any atom is -0.351 e. The van der Waals surface area contributed by atoms with E-state index in [9.17, 15) is 4.79 Å². The molecule has 2 aromatic heterocycles. The van der Waals surface area contributed by atoms with E-state index in [0.717, 1.165) is 5.56 Å². The molecule has 0 spiro atoms. The van der Waals surface area contributed by atoms with Crippen LogP contribution in [0.1, 0.15) is 11.3 Å². The summed E-state index contributed by atoms with van der Waals surface area (Å²) in [4.78, 5) is 20.3. The first-order valence-corrected chi connectivity index (χ1v) is 6.93. The standard InChI is InChI=1S/C13H11Cl2N5O/c1-7-10(15)11(21)20-13(17-7)18-12(19-20)16-6-8-3-2-4-9(14)5-8/h2-5H,6H2,1H3,(H2,16,17,18,19). The molecule has 0 bridgehead atoms. The van der Waals surface area contributed by atoms with Gasteiger partial charge in [0, 0.05) is 11.6 Å². The molecule has 6 nitrogen and oxygen atoms in total. The lowest BCUT2D eigenvalue weighted by molar-refractivity contribution is 0.887. The number of fused-ring (bicyclic) bond motifs is 1. The summed E-state index contributed by atoms with van der Waals surface area (Å²) in [6, 6.07) is 7.46. The first-order valence-electron chi connectivity index (χ1n) is 6.18. The summed E-state index contributed by atoms with van der Waals surface area (Å²) >= 11 is 11.8. The quantitative estimate of drug-likeness (QED) is 0.777. The van der Waals surface area contributed by atoms with Crippen molar-refractivity contribution in [2.45, 2.75) is 13.5 Å². The van der Waals surface area contributed by atoms with Crippen LogP contribution in [-0.4, -0.2) is 19.6 Å². The monoisotopic (exact) mass is 323 g/mol. The van der Waals surface area contributed by atoms with E-state index in [0.29, 0.717) is 23.2 Å². The second-order valence-corrected chi connectivity index (χ2v) is 5.32. The van der Waals surface area contributed by atoms with Gasteiger partial charge in [-0.25, -0.2) is 4.98 Å². The molecule has 0 fully saturated rings. The van der Waals surface area contributed by atoms with Crippen LogP contribution in [0.3, 0.4) is 0 Å². The van der Waals surface area contributed by atoms with Crippen LogP contribution in [0.25, 0.3) is 5.78 Å². The third kappa shape index (κ3) is 2.72. The average molecular weight is 324 g/mol. The van der Waals surface area contributed by atoms with Crippen LogP contribution in [0, 0.1) is 6.92 Å². The zero-order valence-electron chi connectivity index (χ0n) is 11.0. The Morgan fingerprint density at radius 2 is 2.14 bits per heavy atom. The predicted octanol–water partition coefficient (Wildman–Crippen LogP) is 2.64. The molecule has 0 atom stereocenters. The van der Waals surface area contributed by atoms with Crippen molar-refractivity contribution in [3.05, 3.63) is 55.9 Å². The number of hydrogen-bond acceptors (Lipinski definition) is 4. The Morgan fingerprint density at radius 3 is 2.90 bits per heavy atom. The zero-order valence-corrected chi connectivity index (χ0v) is 12.5. The Kier molecular flexibility index (Phi) is 3.57. The molecule has 108 valence electrons. The highest BCUT2D eigenvalue weighted by molar-refractivity contribution is 6.31. The van der Waals surface area contributed by atoms with Gasteiger partial charge >= 0.3 is 0 Å². The van der Waals surface area contributed by atoms with Gasteiger partial charge in [-0.05, 0) is 24.6 Å². The Labute approximate surface area is 129 Å². The van der Waals surface area contributed by atoms with Gasteiger partial charge in [0.05, 0.1) is 5.69 Å². The van der Waals surface area contributed by atoms with Gasteiger partial charge in [0.2, 0.25) is 5.95 Å². The van der Waals surface area contributed by atoms with Gasteiger partial charge in [0.1, 0.15) is 5.02 Å². The number of anilines is 1. The van der Waals surface area contributed by atoms with Gasteiger partial charge in [-0.1, -0.05) is 35.3 Å². The molecule has 0 saturated carbocycles. The maximum absolute atomic E-state index is 12.0. The summed E-state index contributed by atoms with van der Waals surface area (Å²) in [5.74, 6) is 0.705. The summed E-state index contributed by atoms with van der Waals surface area (Å²) in [5, 5.41) is 6.64. The smallest absolute Gasteiger partial charge is 0.293 e. The number of aromatic nitrogens is 4. The third-order valence-electron chi connectivity index (χ3n) is 2.95. The largest absolute Gasteiger partial charge is 0.351 e. The molecule has 2 N–H and O–H groups in total. The Balaban J connectivity index is 1.88. The number of rotatable bonds is 3. The van der Waals surface area contributed by atoms with E-state index in [1.165, 1.54) is 4.52 Å². The first kappa shape index (κ1) is 13.9. The molecular formula is C13H11Cl2N5O. The van der Waals surface area contributed by atoms with Crippen molar-refractivity contribution in [2.24, 2.45) is 0 Å². The van der Waals surface area contributed by atoms with Gasteiger partial charge < -0.3 is 5.32 Å². The van der Waals surface area contributed by atoms with E-state index < -0.39 is 0 Å². The van der Waals surface area contributed by atoms with Crippen molar-refractivity contribution in [1.29, 1.82) is 0 Å². The minimum atomic E-state index is -0.373. The van der Waals surface area contributed by atoms with Crippen LogP contribution in [0.5, 0.6) is 0 Å². The Hall–Kier alpha value is -2.05. The van der Waals surface area contributed by atoms with Crippen LogP contribution >= 0.6 is 23.2 Å². The number of benzene rings is 1. The van der Waals surface area contributed by atoms with Gasteiger partial charge in [-0.15, -0.1) is 0 Å². The van der Waals surface area contributed by atoms with Crippen molar-refractivity contribution >= 4 is 34.9 Å². The first-order chi connectivity index (χ1) is 10.0. The van der Waals surface area contributed by atoms with Crippen LogP contribution in [0.15, 0.2) is 29.1 Å². The van der Waals surface area contributed by atoms with Crippen molar-refractivity contribution in [3.63, 3.8) is 0 Å². The molecule has 2 heterocycles. The lowest BCUT2D eigenvalue weighted by Gasteiger charge is -2.02. The van der Waals surface area contributed by atoms with Crippen molar-refractivity contribution in [2.75, 3.05) is 5.32 Å². The molecule has 0 aliphatic rings. The molecule has 0 saturated heterocycles. The summed E-state index contributed by atoms with van der Waals surface area (Å²) in [6.45, 7) is 2.18. The fourth-order valence-electron chi connectivity index (χ4n) is 1.91. The average Bonchev–Trinajstić information content (AvgIpc) is 2.86. The molecule has 21 heavy (non-hydrogen) atoms. The molecule has 0 aliphatic heterocycles. The summed E-state index contributed by atoms with van der Waals surface area (Å²) in [6.07, 6.45) is 0. The number of hydrogen-bond donors (Lipinski definition) is 2. The fourth-order valence-corrected chi connectivity index (χ4v) is 2.25. The van der Waals surface area contributed by atoms with E-state index in [-0.39, 0.29) is 16.4 Å². The van der Waals surface area contributed by atoms with Gasteiger partial charge in [0.15, 0.2) is 0 Å². The van der Waals surface area contributed by atoms with Gasteiger partial charge in [-0.3, -0.25) is 9.89 Å². The van der Waals surface area contributed by atoms with E-state index >= 15 is 0 Å². The van der Waals surface area contributed by atoms with Crippen molar-refractivity contribution in [3.8, 4) is 0 Å². The van der Waals surface area contributed by atoms with Crippen LogP contribution < -0.4 is 10.9 Å². The highest BCUT2D eigenvalue weighted by Crippen LogP contribution is 2.13. The number of nitrogens with zero attached hydrogens (tertiary/aromatic N) is 3. The van der Waals surface area contributed by atoms with E-state index in [2.05, 4.69) is 20.4 Å². The highest BCUT2D eigenvalue weighted by atomic mass is 35.5. The molecule has 3 aromatic rings. The molecule has 0 amide bonds. The predicted molar refractivity (Wildman–Crippen MR) is 82.1 cm³/mol. The van der Waals surface area contributed by atoms with Crippen LogP contribution in [-0.2, 0) is 6.54 Å².